The van der Waals surface area contributed by atoms with E-state index in [0.717, 1.165) is 0 Å². The molecule has 0 radical (unpaired) electrons. The van der Waals surface area contributed by atoms with Crippen LogP contribution in [-0.2, 0) is 0 Å². The first kappa shape index (κ1) is 18.1. The molecular formula is C19H14F2N4O2. The maximum atomic E-state index is 12.4. The average Bonchev–Trinajstić information content (AvgIpc) is 2.66. The lowest BCUT2D eigenvalue weighted by molar-refractivity contribution is -0.0512. The van der Waals surface area contributed by atoms with Crippen molar-refractivity contribution in [2.75, 3.05) is 12.8 Å². The number of hydrogen-bond acceptors (Lipinski definition) is 6. The summed E-state index contributed by atoms with van der Waals surface area (Å²) in [7, 11) is 1.33. The van der Waals surface area contributed by atoms with Gasteiger partial charge in [-0.25, -0.2) is 9.97 Å². The number of halogens is 2. The van der Waals surface area contributed by atoms with E-state index in [0.29, 0.717) is 16.5 Å². The molecule has 0 aliphatic carbocycles. The highest BCUT2D eigenvalue weighted by atomic mass is 19.3. The monoisotopic (exact) mass is 368 g/mol. The third-order valence-electron chi connectivity index (χ3n) is 3.71. The van der Waals surface area contributed by atoms with E-state index in [1.165, 1.54) is 31.4 Å². The summed E-state index contributed by atoms with van der Waals surface area (Å²) in [6, 6.07) is 13.5. The van der Waals surface area contributed by atoms with Gasteiger partial charge in [0.2, 0.25) is 0 Å². The van der Waals surface area contributed by atoms with Crippen molar-refractivity contribution >= 4 is 28.4 Å². The normalized spacial score (nSPS) is 11.4. The zero-order valence-electron chi connectivity index (χ0n) is 14.2. The van der Waals surface area contributed by atoms with Gasteiger partial charge in [0.05, 0.1) is 18.2 Å². The molecule has 27 heavy (non-hydrogen) atoms. The van der Waals surface area contributed by atoms with Crippen molar-refractivity contribution in [2.45, 2.75) is 6.61 Å². The second-order valence-electron chi connectivity index (χ2n) is 5.41. The number of para-hydroxylation sites is 1. The van der Waals surface area contributed by atoms with Crippen LogP contribution in [0.4, 0.5) is 14.6 Å². The molecule has 1 aromatic heterocycles. The summed E-state index contributed by atoms with van der Waals surface area (Å²) in [5.74, 6) is 0.435. The van der Waals surface area contributed by atoms with Gasteiger partial charge < -0.3 is 15.2 Å². The quantitative estimate of drug-likeness (QED) is 0.687. The Kier molecular flexibility index (Phi) is 5.13. The maximum Gasteiger partial charge on any atom is 0.387 e. The third kappa shape index (κ3) is 3.93. The molecule has 136 valence electrons. The van der Waals surface area contributed by atoms with Crippen LogP contribution in [0.25, 0.3) is 22.6 Å². The van der Waals surface area contributed by atoms with E-state index in [1.54, 1.807) is 18.2 Å². The SMILES string of the molecule is COc1cc(/C=C(\C#N)c2nc(N)c3ccccc3n2)ccc1OC(F)F. The van der Waals surface area contributed by atoms with Crippen molar-refractivity contribution in [3.63, 3.8) is 0 Å². The summed E-state index contributed by atoms with van der Waals surface area (Å²) in [6.07, 6.45) is 1.51. The van der Waals surface area contributed by atoms with Gasteiger partial charge in [-0.1, -0.05) is 18.2 Å². The minimum atomic E-state index is -2.97. The van der Waals surface area contributed by atoms with Gasteiger partial charge in [-0.15, -0.1) is 0 Å². The molecule has 3 aromatic rings. The van der Waals surface area contributed by atoms with Crippen LogP contribution in [-0.4, -0.2) is 23.7 Å². The fourth-order valence-electron chi connectivity index (χ4n) is 2.50. The van der Waals surface area contributed by atoms with E-state index in [-0.39, 0.29) is 28.7 Å². The molecule has 2 N–H and O–H groups in total. The molecule has 3 rings (SSSR count). The molecule has 8 heteroatoms. The van der Waals surface area contributed by atoms with Crippen LogP contribution in [0.3, 0.4) is 0 Å². The van der Waals surface area contributed by atoms with Gasteiger partial charge >= 0.3 is 6.61 Å². The number of hydrogen-bond donors (Lipinski definition) is 1. The van der Waals surface area contributed by atoms with Gasteiger partial charge in [0, 0.05) is 5.39 Å². The maximum absolute atomic E-state index is 12.4. The predicted molar refractivity (Wildman–Crippen MR) is 97.1 cm³/mol. The number of methoxy groups -OCH3 is 1. The molecule has 0 amide bonds. The number of alkyl halides is 2. The number of nitrogens with two attached hydrogens (primary N) is 1. The lowest BCUT2D eigenvalue weighted by Gasteiger charge is -2.10. The minimum absolute atomic E-state index is 0.102. The molecule has 0 saturated carbocycles. The fourth-order valence-corrected chi connectivity index (χ4v) is 2.50. The number of nitrogens with zero attached hydrogens (tertiary/aromatic N) is 3. The van der Waals surface area contributed by atoms with Gasteiger partial charge in [0.1, 0.15) is 11.9 Å². The Hall–Kier alpha value is -3.73. The summed E-state index contributed by atoms with van der Waals surface area (Å²) in [5, 5.41) is 10.2. The Labute approximate surface area is 153 Å². The Morgan fingerprint density at radius 2 is 1.96 bits per heavy atom. The Morgan fingerprint density at radius 3 is 2.67 bits per heavy atom. The van der Waals surface area contributed by atoms with Gasteiger partial charge in [-0.05, 0) is 35.9 Å². The number of allylic oxidation sites excluding steroid dienone is 1. The minimum Gasteiger partial charge on any atom is -0.493 e. The van der Waals surface area contributed by atoms with Crippen molar-refractivity contribution in [3.05, 3.63) is 53.9 Å². The molecule has 0 saturated heterocycles. The molecule has 0 atom stereocenters. The van der Waals surface area contributed by atoms with Crippen LogP contribution >= 0.6 is 0 Å². The van der Waals surface area contributed by atoms with Crippen molar-refractivity contribution in [1.82, 2.24) is 9.97 Å². The lowest BCUT2D eigenvalue weighted by atomic mass is 10.1. The summed E-state index contributed by atoms with van der Waals surface area (Å²) in [6.45, 7) is -2.97. The van der Waals surface area contributed by atoms with Crippen molar-refractivity contribution < 1.29 is 18.3 Å². The largest absolute Gasteiger partial charge is 0.493 e. The first-order chi connectivity index (χ1) is 13.0. The summed E-state index contributed by atoms with van der Waals surface area (Å²) in [5.41, 5.74) is 7.26. The number of benzene rings is 2. The fraction of sp³-hybridized carbons (Fsp3) is 0.105. The topological polar surface area (TPSA) is 94.0 Å². The van der Waals surface area contributed by atoms with E-state index in [9.17, 15) is 14.0 Å². The summed E-state index contributed by atoms with van der Waals surface area (Å²) >= 11 is 0. The van der Waals surface area contributed by atoms with Crippen LogP contribution in [0.5, 0.6) is 11.5 Å². The van der Waals surface area contributed by atoms with Crippen LogP contribution in [0, 0.1) is 11.3 Å². The lowest BCUT2D eigenvalue weighted by Crippen LogP contribution is -2.03. The number of aromatic nitrogens is 2. The van der Waals surface area contributed by atoms with Crippen LogP contribution in [0.15, 0.2) is 42.5 Å². The van der Waals surface area contributed by atoms with Gasteiger partial charge in [0.25, 0.3) is 0 Å². The molecule has 0 unspecified atom stereocenters. The zero-order valence-corrected chi connectivity index (χ0v) is 14.2. The van der Waals surface area contributed by atoms with E-state index in [4.69, 9.17) is 10.5 Å². The highest BCUT2D eigenvalue weighted by Crippen LogP contribution is 2.31. The standard InChI is InChI=1S/C19H14F2N4O2/c1-26-16-9-11(6-7-15(16)27-19(20)21)8-12(10-22)18-24-14-5-3-2-4-13(14)17(23)25-18/h2-9,19H,1H3,(H2,23,24,25)/b12-8+. The molecule has 0 fully saturated rings. The van der Waals surface area contributed by atoms with E-state index in [1.807, 2.05) is 12.1 Å². The summed E-state index contributed by atoms with van der Waals surface area (Å²) < 4.78 is 34.3. The van der Waals surface area contributed by atoms with Crippen LogP contribution in [0.1, 0.15) is 11.4 Å². The second kappa shape index (κ2) is 7.66. The van der Waals surface area contributed by atoms with Crippen LogP contribution < -0.4 is 15.2 Å². The van der Waals surface area contributed by atoms with E-state index < -0.39 is 6.61 Å². The third-order valence-corrected chi connectivity index (χ3v) is 3.71. The molecule has 0 aliphatic heterocycles. The first-order valence-corrected chi connectivity index (χ1v) is 7.79. The second-order valence-corrected chi connectivity index (χ2v) is 5.41. The van der Waals surface area contributed by atoms with Gasteiger partial charge in [-0.2, -0.15) is 14.0 Å². The van der Waals surface area contributed by atoms with Crippen molar-refractivity contribution in [1.29, 1.82) is 5.26 Å². The van der Waals surface area contributed by atoms with Crippen molar-refractivity contribution in [3.8, 4) is 17.6 Å². The molecule has 0 aliphatic rings. The molecule has 6 nitrogen and oxygen atoms in total. The molecule has 2 aromatic carbocycles. The van der Waals surface area contributed by atoms with E-state index >= 15 is 0 Å². The molecule has 0 bridgehead atoms. The smallest absolute Gasteiger partial charge is 0.387 e. The molecule has 1 heterocycles. The number of ether oxygens (including phenoxy) is 2. The average molecular weight is 368 g/mol. The molecule has 0 spiro atoms. The Balaban J connectivity index is 2.03. The number of nitrogen functional groups attached to an aromatic ring is 1. The van der Waals surface area contributed by atoms with Crippen molar-refractivity contribution in [2.24, 2.45) is 0 Å². The number of anilines is 1. The Morgan fingerprint density at radius 1 is 1.19 bits per heavy atom. The summed E-state index contributed by atoms with van der Waals surface area (Å²) in [4.78, 5) is 8.55. The number of rotatable bonds is 5. The Bertz CT molecular complexity index is 1060. The molecular weight excluding hydrogens is 354 g/mol. The first-order valence-electron chi connectivity index (χ1n) is 7.79. The highest BCUT2D eigenvalue weighted by Gasteiger charge is 2.13. The zero-order chi connectivity index (χ0) is 19.4. The highest BCUT2D eigenvalue weighted by molar-refractivity contribution is 5.93. The van der Waals surface area contributed by atoms with Crippen LogP contribution in [0.2, 0.25) is 0 Å². The number of fused-ring (bicyclic) bond motifs is 1. The van der Waals surface area contributed by atoms with Gasteiger partial charge in [-0.3, -0.25) is 0 Å². The van der Waals surface area contributed by atoms with Gasteiger partial charge in [0.15, 0.2) is 17.3 Å². The predicted octanol–water partition coefficient (Wildman–Crippen LogP) is 3.89. The number of nitriles is 1. The van der Waals surface area contributed by atoms with E-state index in [2.05, 4.69) is 14.7 Å².